The molecule has 1 saturated heterocycles. The molecule has 4 rings (SSSR count). The molecule has 290 valence electrons. The molecule has 0 spiro atoms. The smallest absolute Gasteiger partial charge is 0.312 e. The molecule has 2 heterocycles. The van der Waals surface area contributed by atoms with Crippen molar-refractivity contribution in [3.8, 4) is 0 Å². The summed E-state index contributed by atoms with van der Waals surface area (Å²) >= 11 is 0. The maximum atomic E-state index is 13.9. The van der Waals surface area contributed by atoms with E-state index in [9.17, 15) is 33.9 Å². The van der Waals surface area contributed by atoms with E-state index in [4.69, 9.17) is 5.73 Å². The number of benzene rings is 2. The minimum Gasteiger partial charge on any atom is -0.392 e. The van der Waals surface area contributed by atoms with Gasteiger partial charge in [-0.2, -0.15) is 0 Å². The van der Waals surface area contributed by atoms with Gasteiger partial charge in [-0.05, 0) is 54.9 Å². The molecule has 3 aromatic rings. The molecule has 16 heteroatoms. The SMILES string of the molecule is CC(C)[C@H](NC(=O)[C@@H](Cc1ccccc1)NC(=O)CCCCCN1C(=O)CCC1=O)c1cn([C@@H](CCCNC(N)=O)C(=O)Nc2ccc(CO)cc2)nn1. The van der Waals surface area contributed by atoms with Gasteiger partial charge in [0.25, 0.3) is 0 Å². The number of aliphatic hydroxyl groups excluding tert-OH is 1. The van der Waals surface area contributed by atoms with Gasteiger partial charge in [0.15, 0.2) is 0 Å². The van der Waals surface area contributed by atoms with Gasteiger partial charge in [0.2, 0.25) is 29.5 Å². The van der Waals surface area contributed by atoms with Gasteiger partial charge < -0.3 is 32.1 Å². The summed E-state index contributed by atoms with van der Waals surface area (Å²) in [6.07, 6.45) is 4.98. The predicted octanol–water partition coefficient (Wildman–Crippen LogP) is 2.65. The number of unbranched alkanes of at least 4 members (excludes halogenated alkanes) is 2. The number of likely N-dealkylation sites (tertiary alicyclic amines) is 1. The fourth-order valence-corrected chi connectivity index (χ4v) is 6.16. The van der Waals surface area contributed by atoms with Gasteiger partial charge in [-0.15, -0.1) is 5.10 Å². The summed E-state index contributed by atoms with van der Waals surface area (Å²) in [4.78, 5) is 76.8. The number of rotatable bonds is 21. The Morgan fingerprint density at radius 2 is 1.57 bits per heavy atom. The Balaban J connectivity index is 1.43. The lowest BCUT2D eigenvalue weighted by Crippen LogP contribution is -2.49. The Labute approximate surface area is 314 Å². The second-order valence-electron chi connectivity index (χ2n) is 13.7. The van der Waals surface area contributed by atoms with Gasteiger partial charge in [-0.1, -0.05) is 67.9 Å². The molecule has 1 aromatic heterocycles. The molecule has 0 radical (unpaired) electrons. The number of carbonyl (C=O) groups excluding carboxylic acids is 6. The summed E-state index contributed by atoms with van der Waals surface area (Å²) in [5, 5.41) is 29.3. The zero-order valence-corrected chi connectivity index (χ0v) is 30.8. The third-order valence-corrected chi connectivity index (χ3v) is 9.17. The number of nitrogens with one attached hydrogen (secondary N) is 4. The van der Waals surface area contributed by atoms with Crippen molar-refractivity contribution in [2.45, 2.75) is 96.4 Å². The highest BCUT2D eigenvalue weighted by Crippen LogP contribution is 2.24. The molecule has 54 heavy (non-hydrogen) atoms. The van der Waals surface area contributed by atoms with Crippen LogP contribution in [0, 0.1) is 5.92 Å². The Hall–Kier alpha value is -5.64. The number of hydrogen-bond donors (Lipinski definition) is 6. The number of urea groups is 1. The number of carbonyl (C=O) groups is 6. The van der Waals surface area contributed by atoms with E-state index >= 15 is 0 Å². The lowest BCUT2D eigenvalue weighted by Gasteiger charge is -2.25. The highest BCUT2D eigenvalue weighted by molar-refractivity contribution is 6.01. The molecular weight excluding hydrogens is 694 g/mol. The molecule has 2 aromatic carbocycles. The van der Waals surface area contributed by atoms with Crippen molar-refractivity contribution in [2.75, 3.05) is 18.4 Å². The van der Waals surface area contributed by atoms with Gasteiger partial charge in [0, 0.05) is 44.5 Å². The molecule has 0 saturated carbocycles. The number of hydrogen-bond acceptors (Lipinski definition) is 9. The Bertz CT molecular complexity index is 1710. The first-order chi connectivity index (χ1) is 25.9. The first kappa shape index (κ1) is 41.1. The number of aromatic nitrogens is 3. The predicted molar refractivity (Wildman–Crippen MR) is 199 cm³/mol. The highest BCUT2D eigenvalue weighted by atomic mass is 16.3. The first-order valence-electron chi connectivity index (χ1n) is 18.4. The van der Waals surface area contributed by atoms with Crippen LogP contribution in [-0.4, -0.2) is 79.7 Å². The zero-order chi connectivity index (χ0) is 39.0. The molecule has 1 aliphatic heterocycles. The van der Waals surface area contributed by atoms with Crippen LogP contribution in [0.4, 0.5) is 10.5 Å². The van der Waals surface area contributed by atoms with Crippen molar-refractivity contribution >= 4 is 41.3 Å². The average Bonchev–Trinajstić information content (AvgIpc) is 3.76. The standard InChI is InChI=1S/C38H51N9O7/c1-25(2)35(30-23-47(45-44-30)31(12-9-20-40-38(39)54)37(53)41-28-16-14-27(24-48)15-17-28)43-36(52)29(22-26-10-5-3-6-11-26)42-32(49)13-7-4-8-21-46-33(50)18-19-34(46)51/h3,5-6,10-11,14-17,23,25,29,31,35,48H,4,7-9,12-13,18-22,24H2,1-2H3,(H,41,53)(H,42,49)(H,43,52)(H3,39,40,54)/t29-,31+,35+/m1/s1. The van der Waals surface area contributed by atoms with Crippen LogP contribution in [0.1, 0.15) is 94.1 Å². The number of primary amides is 1. The lowest BCUT2D eigenvalue weighted by molar-refractivity contribution is -0.138. The fourth-order valence-electron chi connectivity index (χ4n) is 6.16. The summed E-state index contributed by atoms with van der Waals surface area (Å²) in [7, 11) is 0. The monoisotopic (exact) mass is 745 g/mol. The van der Waals surface area contributed by atoms with Crippen LogP contribution in [0.5, 0.6) is 0 Å². The molecule has 3 atom stereocenters. The fraction of sp³-hybridized carbons (Fsp3) is 0.474. The second kappa shape index (κ2) is 20.6. The van der Waals surface area contributed by atoms with Gasteiger partial charge in [-0.3, -0.25) is 28.9 Å². The van der Waals surface area contributed by atoms with Crippen LogP contribution < -0.4 is 27.0 Å². The Morgan fingerprint density at radius 1 is 0.870 bits per heavy atom. The molecule has 7 N–H and O–H groups in total. The van der Waals surface area contributed by atoms with Crippen molar-refractivity contribution in [2.24, 2.45) is 11.7 Å². The number of anilines is 1. The number of nitrogens with zero attached hydrogens (tertiary/aromatic N) is 4. The highest BCUT2D eigenvalue weighted by Gasteiger charge is 2.30. The van der Waals surface area contributed by atoms with Gasteiger partial charge >= 0.3 is 6.03 Å². The van der Waals surface area contributed by atoms with E-state index in [1.54, 1.807) is 30.5 Å². The van der Waals surface area contributed by atoms with E-state index in [-0.39, 0.29) is 74.8 Å². The molecule has 0 aliphatic carbocycles. The van der Waals surface area contributed by atoms with E-state index in [0.29, 0.717) is 49.2 Å². The number of imide groups is 1. The topological polar surface area (TPSA) is 231 Å². The van der Waals surface area contributed by atoms with Crippen molar-refractivity contribution < 1.29 is 33.9 Å². The van der Waals surface area contributed by atoms with Crippen LogP contribution in [0.15, 0.2) is 60.8 Å². The Kier molecular flexibility index (Phi) is 15.7. The number of aliphatic hydroxyl groups is 1. The summed E-state index contributed by atoms with van der Waals surface area (Å²) in [5.41, 5.74) is 7.69. The second-order valence-corrected chi connectivity index (χ2v) is 13.7. The van der Waals surface area contributed by atoms with Crippen molar-refractivity contribution in [3.05, 3.63) is 77.6 Å². The first-order valence-corrected chi connectivity index (χ1v) is 18.4. The largest absolute Gasteiger partial charge is 0.392 e. The molecule has 0 unspecified atom stereocenters. The van der Waals surface area contributed by atoms with Gasteiger partial charge in [0.05, 0.1) is 18.8 Å². The van der Waals surface area contributed by atoms with E-state index < -0.39 is 30.1 Å². The van der Waals surface area contributed by atoms with Crippen molar-refractivity contribution in [1.29, 1.82) is 0 Å². The van der Waals surface area contributed by atoms with Gasteiger partial charge in [0.1, 0.15) is 17.8 Å². The summed E-state index contributed by atoms with van der Waals surface area (Å²) < 4.78 is 1.43. The van der Waals surface area contributed by atoms with Crippen molar-refractivity contribution in [1.82, 2.24) is 35.8 Å². The van der Waals surface area contributed by atoms with E-state index in [1.165, 1.54) is 9.58 Å². The number of amides is 7. The van der Waals surface area contributed by atoms with E-state index in [0.717, 1.165) is 5.56 Å². The third-order valence-electron chi connectivity index (χ3n) is 9.17. The maximum absolute atomic E-state index is 13.9. The van der Waals surface area contributed by atoms with Crippen LogP contribution in [0.3, 0.4) is 0 Å². The number of nitrogens with two attached hydrogens (primary N) is 1. The zero-order valence-electron chi connectivity index (χ0n) is 30.8. The quantitative estimate of drug-likeness (QED) is 0.0694. The minimum absolute atomic E-state index is 0.132. The Morgan fingerprint density at radius 3 is 2.22 bits per heavy atom. The summed E-state index contributed by atoms with van der Waals surface area (Å²) in [6.45, 7) is 4.27. The molecule has 1 aliphatic rings. The maximum Gasteiger partial charge on any atom is 0.312 e. The lowest BCUT2D eigenvalue weighted by atomic mass is 9.99. The summed E-state index contributed by atoms with van der Waals surface area (Å²) in [5.74, 6) is -1.55. The van der Waals surface area contributed by atoms with Crippen LogP contribution in [0.25, 0.3) is 0 Å². The van der Waals surface area contributed by atoms with Crippen molar-refractivity contribution in [3.63, 3.8) is 0 Å². The van der Waals surface area contributed by atoms with Crippen LogP contribution in [-0.2, 0) is 37.0 Å². The summed E-state index contributed by atoms with van der Waals surface area (Å²) in [6, 6.07) is 13.1. The minimum atomic E-state index is -0.899. The molecule has 0 bridgehead atoms. The van der Waals surface area contributed by atoms with Crippen LogP contribution >= 0.6 is 0 Å². The van der Waals surface area contributed by atoms with E-state index in [1.807, 2.05) is 44.2 Å². The molecule has 1 fully saturated rings. The molecular formula is C38H51N9O7. The molecule has 7 amide bonds. The third kappa shape index (κ3) is 12.5. The normalized spacial score (nSPS) is 14.4. The average molecular weight is 746 g/mol. The van der Waals surface area contributed by atoms with Crippen LogP contribution in [0.2, 0.25) is 0 Å². The van der Waals surface area contributed by atoms with Gasteiger partial charge in [-0.25, -0.2) is 9.48 Å². The molecule has 16 nitrogen and oxygen atoms in total. The van der Waals surface area contributed by atoms with E-state index in [2.05, 4.69) is 31.6 Å².